The molecule has 0 spiro atoms. The lowest BCUT2D eigenvalue weighted by Crippen LogP contribution is -3.14. The number of nitrogens with zero attached hydrogens (tertiary/aromatic N) is 2. The zero-order valence-corrected chi connectivity index (χ0v) is 13.8. The van der Waals surface area contributed by atoms with Crippen LogP contribution in [-0.4, -0.2) is 40.6 Å². The average molecular weight is 310 g/mol. The molecule has 1 unspecified atom stereocenters. The molecule has 0 saturated carbocycles. The molecule has 1 fully saturated rings. The van der Waals surface area contributed by atoms with Crippen molar-refractivity contribution >= 4 is 27.8 Å². The summed E-state index contributed by atoms with van der Waals surface area (Å²) in [7, 11) is 0. The molecule has 4 rings (SSSR count). The Morgan fingerprint density at radius 1 is 1.35 bits per heavy atom. The van der Waals surface area contributed by atoms with Crippen LogP contribution in [0.4, 0.5) is 5.82 Å². The molecular formula is C18H24N5+. The molecule has 5 nitrogen and oxygen atoms in total. The number of quaternary nitrogens is 1. The Morgan fingerprint density at radius 3 is 3.13 bits per heavy atom. The van der Waals surface area contributed by atoms with E-state index in [9.17, 15) is 0 Å². The van der Waals surface area contributed by atoms with Crippen molar-refractivity contribution in [2.45, 2.75) is 32.7 Å². The first-order valence-electron chi connectivity index (χ1n) is 8.57. The van der Waals surface area contributed by atoms with Crippen LogP contribution in [0.15, 0.2) is 24.5 Å². The van der Waals surface area contributed by atoms with Crippen LogP contribution in [0.1, 0.15) is 25.3 Å². The molecule has 2 atom stereocenters. The predicted molar refractivity (Wildman–Crippen MR) is 94.0 cm³/mol. The van der Waals surface area contributed by atoms with Crippen LogP contribution in [0.3, 0.4) is 0 Å². The van der Waals surface area contributed by atoms with Gasteiger partial charge in [-0.1, -0.05) is 11.6 Å². The van der Waals surface area contributed by atoms with Gasteiger partial charge in [0, 0.05) is 23.7 Å². The fraction of sp³-hybridized carbons (Fsp3) is 0.444. The van der Waals surface area contributed by atoms with Crippen LogP contribution in [0, 0.1) is 6.92 Å². The second kappa shape index (κ2) is 5.81. The van der Waals surface area contributed by atoms with Gasteiger partial charge in [-0.05, 0) is 26.0 Å². The molecule has 0 radical (unpaired) electrons. The number of likely N-dealkylation sites (N-methyl/N-ethyl adjacent to an activating group) is 1. The van der Waals surface area contributed by atoms with Gasteiger partial charge in [-0.2, -0.15) is 0 Å². The van der Waals surface area contributed by atoms with Crippen LogP contribution in [0.2, 0.25) is 0 Å². The first kappa shape index (κ1) is 14.5. The van der Waals surface area contributed by atoms with Crippen molar-refractivity contribution < 1.29 is 4.90 Å². The first-order chi connectivity index (χ1) is 11.3. The molecule has 0 aliphatic carbocycles. The van der Waals surface area contributed by atoms with Gasteiger partial charge in [0.2, 0.25) is 0 Å². The topological polar surface area (TPSA) is 58.0 Å². The molecular weight excluding hydrogens is 286 g/mol. The van der Waals surface area contributed by atoms with E-state index >= 15 is 0 Å². The van der Waals surface area contributed by atoms with Crippen molar-refractivity contribution in [2.24, 2.45) is 0 Å². The Hall–Kier alpha value is -2.14. The van der Waals surface area contributed by atoms with E-state index in [2.05, 4.69) is 52.3 Å². The van der Waals surface area contributed by atoms with E-state index in [0.29, 0.717) is 6.04 Å². The predicted octanol–water partition coefficient (Wildman–Crippen LogP) is 1.90. The molecule has 23 heavy (non-hydrogen) atoms. The number of anilines is 1. The van der Waals surface area contributed by atoms with Gasteiger partial charge in [0.1, 0.15) is 23.4 Å². The second-order valence-electron chi connectivity index (χ2n) is 6.60. The highest BCUT2D eigenvalue weighted by Gasteiger charge is 2.26. The SMILES string of the molecule is CC[NH+]1CCC[C@@H]1CNc1ncnc2c1[nH]c1ccc(C)cc12. The van der Waals surface area contributed by atoms with E-state index in [4.69, 9.17) is 0 Å². The van der Waals surface area contributed by atoms with Crippen molar-refractivity contribution in [3.05, 3.63) is 30.1 Å². The number of H-pyrrole nitrogens is 1. The quantitative estimate of drug-likeness (QED) is 0.690. The molecule has 5 heteroatoms. The van der Waals surface area contributed by atoms with E-state index in [1.807, 2.05) is 0 Å². The zero-order chi connectivity index (χ0) is 15.8. The maximum Gasteiger partial charge on any atom is 0.154 e. The highest BCUT2D eigenvalue weighted by molar-refractivity contribution is 6.08. The fourth-order valence-corrected chi connectivity index (χ4v) is 3.86. The number of aryl methyl sites for hydroxylation is 1. The summed E-state index contributed by atoms with van der Waals surface area (Å²) in [6, 6.07) is 7.12. The second-order valence-corrected chi connectivity index (χ2v) is 6.60. The molecule has 1 aliphatic heterocycles. The van der Waals surface area contributed by atoms with E-state index in [1.165, 1.54) is 36.9 Å². The van der Waals surface area contributed by atoms with E-state index < -0.39 is 0 Å². The molecule has 0 amide bonds. The highest BCUT2D eigenvalue weighted by atomic mass is 15.2. The Balaban J connectivity index is 1.66. The molecule has 3 N–H and O–H groups in total. The number of nitrogens with one attached hydrogen (secondary N) is 3. The summed E-state index contributed by atoms with van der Waals surface area (Å²) in [5.41, 5.74) is 4.40. The molecule has 1 saturated heterocycles. The summed E-state index contributed by atoms with van der Waals surface area (Å²) in [4.78, 5) is 14.2. The van der Waals surface area contributed by atoms with Crippen LogP contribution in [0.25, 0.3) is 21.9 Å². The average Bonchev–Trinajstić information content (AvgIpc) is 3.16. The monoisotopic (exact) mass is 310 g/mol. The van der Waals surface area contributed by atoms with Gasteiger partial charge in [-0.15, -0.1) is 0 Å². The summed E-state index contributed by atoms with van der Waals surface area (Å²) in [6.45, 7) is 7.87. The molecule has 120 valence electrons. The standard InChI is InChI=1S/C18H23N5/c1-3-23-8-4-5-13(23)10-19-18-17-16(20-11-21-18)14-9-12(2)6-7-15(14)22-17/h6-7,9,11,13,22H,3-5,8,10H2,1-2H3,(H,19,20,21)/p+1/t13-/m1/s1. The van der Waals surface area contributed by atoms with Crippen molar-refractivity contribution in [3.8, 4) is 0 Å². The Bertz CT molecular complexity index is 838. The van der Waals surface area contributed by atoms with Crippen molar-refractivity contribution in [1.82, 2.24) is 15.0 Å². The fourth-order valence-electron chi connectivity index (χ4n) is 3.86. The largest absolute Gasteiger partial charge is 0.362 e. The van der Waals surface area contributed by atoms with Crippen LogP contribution < -0.4 is 10.2 Å². The summed E-state index contributed by atoms with van der Waals surface area (Å²) in [6.07, 6.45) is 4.30. The number of hydrogen-bond donors (Lipinski definition) is 3. The van der Waals surface area contributed by atoms with Gasteiger partial charge in [-0.3, -0.25) is 0 Å². The minimum Gasteiger partial charge on any atom is -0.362 e. The number of hydrogen-bond acceptors (Lipinski definition) is 3. The lowest BCUT2D eigenvalue weighted by atomic mass is 10.1. The molecule has 2 aromatic heterocycles. The summed E-state index contributed by atoms with van der Waals surface area (Å²) >= 11 is 0. The number of likely N-dealkylation sites (tertiary alicyclic amines) is 1. The van der Waals surface area contributed by atoms with E-state index in [1.54, 1.807) is 11.2 Å². The lowest BCUT2D eigenvalue weighted by Gasteiger charge is -2.20. The number of aromatic nitrogens is 3. The summed E-state index contributed by atoms with van der Waals surface area (Å²) < 4.78 is 0. The molecule has 1 aromatic carbocycles. The highest BCUT2D eigenvalue weighted by Crippen LogP contribution is 2.27. The Morgan fingerprint density at radius 2 is 2.26 bits per heavy atom. The van der Waals surface area contributed by atoms with Gasteiger partial charge in [0.25, 0.3) is 0 Å². The van der Waals surface area contributed by atoms with E-state index in [0.717, 1.165) is 28.9 Å². The van der Waals surface area contributed by atoms with Gasteiger partial charge >= 0.3 is 0 Å². The number of aromatic amines is 1. The van der Waals surface area contributed by atoms with Crippen LogP contribution in [0.5, 0.6) is 0 Å². The van der Waals surface area contributed by atoms with Crippen molar-refractivity contribution in [2.75, 3.05) is 25.0 Å². The van der Waals surface area contributed by atoms with Gasteiger partial charge < -0.3 is 15.2 Å². The maximum absolute atomic E-state index is 4.49. The maximum atomic E-state index is 4.49. The molecule has 3 aromatic rings. The number of benzene rings is 1. The molecule has 3 heterocycles. The zero-order valence-electron chi connectivity index (χ0n) is 13.8. The van der Waals surface area contributed by atoms with Gasteiger partial charge in [-0.25, -0.2) is 9.97 Å². The number of rotatable bonds is 4. The van der Waals surface area contributed by atoms with Crippen molar-refractivity contribution in [3.63, 3.8) is 0 Å². The minimum atomic E-state index is 0.691. The van der Waals surface area contributed by atoms with Crippen molar-refractivity contribution in [1.29, 1.82) is 0 Å². The summed E-state index contributed by atoms with van der Waals surface area (Å²) in [5.74, 6) is 0.922. The molecule has 1 aliphatic rings. The number of fused-ring (bicyclic) bond motifs is 3. The van der Waals surface area contributed by atoms with E-state index in [-0.39, 0.29) is 0 Å². The first-order valence-corrected chi connectivity index (χ1v) is 8.57. The summed E-state index contributed by atoms with van der Waals surface area (Å²) in [5, 5.41) is 4.74. The van der Waals surface area contributed by atoms with Gasteiger partial charge in [0.15, 0.2) is 5.82 Å². The molecule has 0 bridgehead atoms. The van der Waals surface area contributed by atoms with Gasteiger partial charge in [0.05, 0.1) is 19.6 Å². The van der Waals surface area contributed by atoms with Crippen LogP contribution >= 0.6 is 0 Å². The minimum absolute atomic E-state index is 0.691. The van der Waals surface area contributed by atoms with Crippen LogP contribution in [-0.2, 0) is 0 Å². The lowest BCUT2D eigenvalue weighted by molar-refractivity contribution is -0.908. The normalized spacial score (nSPS) is 21.3. The third kappa shape index (κ3) is 2.55. The third-order valence-electron chi connectivity index (χ3n) is 5.13. The smallest absolute Gasteiger partial charge is 0.154 e. The third-order valence-corrected chi connectivity index (χ3v) is 5.13. The Kier molecular flexibility index (Phi) is 3.65. The Labute approximate surface area is 136 Å².